The van der Waals surface area contributed by atoms with Crippen LogP contribution in [0, 0.1) is 0 Å². The van der Waals surface area contributed by atoms with Crippen LogP contribution in [0.15, 0.2) is 12.1 Å². The van der Waals surface area contributed by atoms with Gasteiger partial charge in [0.1, 0.15) is 0 Å². The Bertz CT molecular complexity index is 391. The number of carboxylic acid groups (broad SMARTS) is 1. The Hall–Kier alpha value is -1.62. The van der Waals surface area contributed by atoms with Crippen LogP contribution in [0.4, 0.5) is 0 Å². The van der Waals surface area contributed by atoms with E-state index in [0.717, 1.165) is 0 Å². The summed E-state index contributed by atoms with van der Waals surface area (Å²) in [7, 11) is 2.88. The molecule has 0 saturated heterocycles. The van der Waals surface area contributed by atoms with Gasteiger partial charge < -0.3 is 19.3 Å². The molecule has 0 heterocycles. The van der Waals surface area contributed by atoms with Crippen molar-refractivity contribution in [3.05, 3.63) is 17.2 Å². The molecule has 0 aromatic heterocycles. The number of ether oxygens (including phenoxy) is 3. The second kappa shape index (κ2) is 5.46. The minimum Gasteiger partial charge on any atom is -0.493 e. The highest BCUT2D eigenvalue weighted by Gasteiger charge is 2.14. The highest BCUT2D eigenvalue weighted by molar-refractivity contribution is 6.31. The first-order chi connectivity index (χ1) is 7.58. The van der Waals surface area contributed by atoms with Gasteiger partial charge in [-0.1, -0.05) is 11.6 Å². The first-order valence-corrected chi connectivity index (χ1v) is 4.72. The summed E-state index contributed by atoms with van der Waals surface area (Å²) >= 11 is 5.81. The molecule has 0 radical (unpaired) electrons. The van der Waals surface area contributed by atoms with Gasteiger partial charge in [0.25, 0.3) is 0 Å². The Kier molecular flexibility index (Phi) is 4.25. The minimum atomic E-state index is -1.08. The fraction of sp³-hybridized carbons (Fsp3) is 0.300. The summed E-state index contributed by atoms with van der Waals surface area (Å²) in [6.07, 6.45) is 0. The Labute approximate surface area is 97.5 Å². The average Bonchev–Trinajstić information content (AvgIpc) is 2.25. The van der Waals surface area contributed by atoms with Crippen molar-refractivity contribution >= 4 is 17.6 Å². The molecular formula is C10H11ClO5. The summed E-state index contributed by atoms with van der Waals surface area (Å²) in [6, 6.07) is 3.01. The largest absolute Gasteiger partial charge is 0.493 e. The Balaban J connectivity index is 3.04. The molecule has 88 valence electrons. The van der Waals surface area contributed by atoms with Gasteiger partial charge in [-0.3, -0.25) is 0 Å². The summed E-state index contributed by atoms with van der Waals surface area (Å²) in [5, 5.41) is 8.88. The normalized spacial score (nSPS) is 9.69. The van der Waals surface area contributed by atoms with Gasteiger partial charge in [-0.15, -0.1) is 0 Å². The molecule has 1 aromatic carbocycles. The van der Waals surface area contributed by atoms with Crippen molar-refractivity contribution in [2.75, 3.05) is 20.8 Å². The van der Waals surface area contributed by atoms with Crippen molar-refractivity contribution in [3.8, 4) is 17.2 Å². The van der Waals surface area contributed by atoms with Gasteiger partial charge in [-0.25, -0.2) is 4.79 Å². The zero-order valence-corrected chi connectivity index (χ0v) is 9.58. The number of rotatable bonds is 5. The molecule has 5 nitrogen and oxygen atoms in total. The zero-order valence-electron chi connectivity index (χ0n) is 8.82. The van der Waals surface area contributed by atoms with Gasteiger partial charge in [-0.05, 0) is 0 Å². The second-order valence-corrected chi connectivity index (χ2v) is 3.26. The van der Waals surface area contributed by atoms with Crippen LogP contribution < -0.4 is 14.2 Å². The zero-order chi connectivity index (χ0) is 12.1. The maximum Gasteiger partial charge on any atom is 0.341 e. The van der Waals surface area contributed by atoms with Gasteiger partial charge in [0.15, 0.2) is 18.1 Å². The third kappa shape index (κ3) is 2.93. The molecule has 1 N–H and O–H groups in total. The predicted molar refractivity (Wildman–Crippen MR) is 57.7 cm³/mol. The minimum absolute atomic E-state index is 0.231. The highest BCUT2D eigenvalue weighted by atomic mass is 35.5. The molecule has 0 amide bonds. The summed E-state index contributed by atoms with van der Waals surface area (Å²) < 4.78 is 15.1. The van der Waals surface area contributed by atoms with Crippen LogP contribution in [0.2, 0.25) is 5.02 Å². The van der Waals surface area contributed by atoms with Gasteiger partial charge in [0.05, 0.1) is 14.2 Å². The van der Waals surface area contributed by atoms with E-state index in [4.69, 9.17) is 30.9 Å². The molecule has 0 unspecified atom stereocenters. The van der Waals surface area contributed by atoms with E-state index in [0.29, 0.717) is 16.5 Å². The summed E-state index contributed by atoms with van der Waals surface area (Å²) in [4.78, 5) is 10.4. The van der Waals surface area contributed by atoms with E-state index in [1.807, 2.05) is 0 Å². The topological polar surface area (TPSA) is 65.0 Å². The van der Waals surface area contributed by atoms with Gasteiger partial charge >= 0.3 is 5.97 Å². The summed E-state index contributed by atoms with van der Waals surface area (Å²) in [6.45, 7) is -0.472. The van der Waals surface area contributed by atoms with E-state index in [1.165, 1.54) is 20.3 Å². The smallest absolute Gasteiger partial charge is 0.341 e. The molecule has 16 heavy (non-hydrogen) atoms. The van der Waals surface area contributed by atoms with E-state index < -0.39 is 12.6 Å². The number of hydrogen-bond acceptors (Lipinski definition) is 4. The van der Waals surface area contributed by atoms with Crippen molar-refractivity contribution in [1.82, 2.24) is 0 Å². The van der Waals surface area contributed by atoms with Crippen molar-refractivity contribution in [2.45, 2.75) is 0 Å². The Morgan fingerprint density at radius 1 is 1.31 bits per heavy atom. The van der Waals surface area contributed by atoms with E-state index in [2.05, 4.69) is 0 Å². The van der Waals surface area contributed by atoms with E-state index >= 15 is 0 Å². The number of hydrogen-bond donors (Lipinski definition) is 1. The van der Waals surface area contributed by atoms with Crippen LogP contribution in [0.1, 0.15) is 0 Å². The van der Waals surface area contributed by atoms with E-state index in [1.54, 1.807) is 6.07 Å². The van der Waals surface area contributed by atoms with Crippen molar-refractivity contribution in [1.29, 1.82) is 0 Å². The van der Waals surface area contributed by atoms with E-state index in [-0.39, 0.29) is 5.75 Å². The lowest BCUT2D eigenvalue weighted by atomic mass is 10.3. The quantitative estimate of drug-likeness (QED) is 0.859. The second-order valence-electron chi connectivity index (χ2n) is 2.82. The fourth-order valence-electron chi connectivity index (χ4n) is 1.14. The predicted octanol–water partition coefficient (Wildman–Crippen LogP) is 1.82. The molecule has 0 spiro atoms. The molecule has 6 heteroatoms. The first-order valence-electron chi connectivity index (χ1n) is 4.34. The third-order valence-electron chi connectivity index (χ3n) is 1.76. The Morgan fingerprint density at radius 2 is 1.94 bits per heavy atom. The first kappa shape index (κ1) is 12.4. The van der Waals surface area contributed by atoms with Gasteiger partial charge in [-0.2, -0.15) is 0 Å². The van der Waals surface area contributed by atoms with Crippen LogP contribution in [0.3, 0.4) is 0 Å². The van der Waals surface area contributed by atoms with Crippen LogP contribution in [0.25, 0.3) is 0 Å². The molecule has 0 aliphatic rings. The molecule has 0 atom stereocenters. The van der Waals surface area contributed by atoms with Crippen molar-refractivity contribution < 1.29 is 24.1 Å². The van der Waals surface area contributed by atoms with Crippen LogP contribution in [-0.4, -0.2) is 31.9 Å². The molecule has 0 fully saturated rings. The molecule has 0 bridgehead atoms. The molecule has 0 saturated carbocycles. The monoisotopic (exact) mass is 246 g/mol. The number of benzene rings is 1. The van der Waals surface area contributed by atoms with Gasteiger partial charge in [0.2, 0.25) is 5.75 Å². The lowest BCUT2D eigenvalue weighted by molar-refractivity contribution is -0.139. The maximum atomic E-state index is 10.4. The molecule has 1 aromatic rings. The van der Waals surface area contributed by atoms with Gasteiger partial charge in [0, 0.05) is 17.2 Å². The number of aliphatic carboxylic acids is 1. The molecule has 0 aliphatic heterocycles. The van der Waals surface area contributed by atoms with Crippen LogP contribution >= 0.6 is 11.6 Å². The lowest BCUT2D eigenvalue weighted by Gasteiger charge is -2.13. The Morgan fingerprint density at radius 3 is 2.44 bits per heavy atom. The molecular weight excluding hydrogens is 236 g/mol. The van der Waals surface area contributed by atoms with Crippen LogP contribution in [0.5, 0.6) is 17.2 Å². The fourth-order valence-corrected chi connectivity index (χ4v) is 1.34. The number of methoxy groups -OCH3 is 2. The molecule has 0 aliphatic carbocycles. The summed E-state index contributed by atoms with van der Waals surface area (Å²) in [5.41, 5.74) is 0. The van der Waals surface area contributed by atoms with Crippen LogP contribution in [-0.2, 0) is 4.79 Å². The third-order valence-corrected chi connectivity index (χ3v) is 1.98. The average molecular weight is 247 g/mol. The summed E-state index contributed by atoms with van der Waals surface area (Å²) in [5.74, 6) is -0.154. The standard InChI is InChI=1S/C10H11ClO5/c1-14-7-3-6(11)4-8(10(7)15-2)16-5-9(12)13/h3-4H,5H2,1-2H3,(H,12,13). The maximum absolute atomic E-state index is 10.4. The van der Waals surface area contributed by atoms with Crippen molar-refractivity contribution in [2.24, 2.45) is 0 Å². The number of carbonyl (C=O) groups is 1. The SMILES string of the molecule is COc1cc(Cl)cc(OCC(=O)O)c1OC. The number of halogens is 1. The number of carboxylic acids is 1. The lowest BCUT2D eigenvalue weighted by Crippen LogP contribution is -2.10. The molecule has 1 rings (SSSR count). The van der Waals surface area contributed by atoms with E-state index in [9.17, 15) is 4.79 Å². The highest BCUT2D eigenvalue weighted by Crippen LogP contribution is 2.39. The van der Waals surface area contributed by atoms with Crippen molar-refractivity contribution in [3.63, 3.8) is 0 Å².